The molecule has 0 fully saturated rings. The Morgan fingerprint density at radius 3 is 2.56 bits per heavy atom. The lowest BCUT2D eigenvalue weighted by Crippen LogP contribution is -2.30. The molecule has 5 heteroatoms. The van der Waals surface area contributed by atoms with Crippen molar-refractivity contribution in [3.8, 4) is 16.9 Å². The molecule has 25 heavy (non-hydrogen) atoms. The predicted molar refractivity (Wildman–Crippen MR) is 98.6 cm³/mol. The second kappa shape index (κ2) is 7.30. The van der Waals surface area contributed by atoms with Crippen LogP contribution >= 0.6 is 0 Å². The summed E-state index contributed by atoms with van der Waals surface area (Å²) in [5.74, 6) is 0.370. The molecular formula is C20H22N4O. The summed E-state index contributed by atoms with van der Waals surface area (Å²) in [4.78, 5) is 18.9. The number of benzene rings is 1. The first-order valence-corrected chi connectivity index (χ1v) is 8.37. The van der Waals surface area contributed by atoms with E-state index < -0.39 is 0 Å². The smallest absolute Gasteiger partial charge is 0.257 e. The minimum absolute atomic E-state index is 0.0327. The molecule has 128 valence electrons. The molecule has 0 saturated carbocycles. The van der Waals surface area contributed by atoms with Crippen molar-refractivity contribution in [3.05, 3.63) is 66.6 Å². The lowest BCUT2D eigenvalue weighted by Gasteiger charge is -2.19. The number of carbonyl (C=O) groups excluding carboxylic acids is 1. The third kappa shape index (κ3) is 3.76. The maximum atomic E-state index is 13.0. The van der Waals surface area contributed by atoms with Gasteiger partial charge >= 0.3 is 0 Å². The first kappa shape index (κ1) is 16.9. The van der Waals surface area contributed by atoms with Crippen LogP contribution in [0.3, 0.4) is 0 Å². The molecule has 0 aliphatic rings. The van der Waals surface area contributed by atoms with Gasteiger partial charge in [-0.05, 0) is 30.2 Å². The van der Waals surface area contributed by atoms with E-state index in [1.54, 1.807) is 28.2 Å². The van der Waals surface area contributed by atoms with E-state index in [9.17, 15) is 4.79 Å². The van der Waals surface area contributed by atoms with Gasteiger partial charge in [0.15, 0.2) is 0 Å². The molecule has 0 bridgehead atoms. The van der Waals surface area contributed by atoms with Crippen molar-refractivity contribution in [1.29, 1.82) is 0 Å². The summed E-state index contributed by atoms with van der Waals surface area (Å²) in [6, 6.07) is 13.6. The van der Waals surface area contributed by atoms with Gasteiger partial charge in [0, 0.05) is 37.7 Å². The van der Waals surface area contributed by atoms with Crippen molar-refractivity contribution in [1.82, 2.24) is 19.7 Å². The largest absolute Gasteiger partial charge is 0.341 e. The van der Waals surface area contributed by atoms with Crippen LogP contribution in [0.15, 0.2) is 61.1 Å². The zero-order chi connectivity index (χ0) is 17.8. The fourth-order valence-corrected chi connectivity index (χ4v) is 2.80. The molecular weight excluding hydrogens is 312 g/mol. The Morgan fingerprint density at radius 2 is 1.92 bits per heavy atom. The van der Waals surface area contributed by atoms with E-state index >= 15 is 0 Å². The number of para-hydroxylation sites is 1. The van der Waals surface area contributed by atoms with Crippen LogP contribution in [0.25, 0.3) is 16.9 Å². The topological polar surface area (TPSA) is 51.0 Å². The van der Waals surface area contributed by atoms with Crippen LogP contribution in [-0.2, 0) is 0 Å². The predicted octanol–water partition coefficient (Wildman–Crippen LogP) is 3.66. The lowest BCUT2D eigenvalue weighted by atomic mass is 10.1. The number of pyridine rings is 1. The minimum atomic E-state index is -0.0327. The Labute approximate surface area is 147 Å². The molecule has 0 N–H and O–H groups in total. The van der Waals surface area contributed by atoms with Crippen molar-refractivity contribution >= 4 is 5.91 Å². The zero-order valence-electron chi connectivity index (χ0n) is 14.8. The molecule has 0 atom stereocenters. The quantitative estimate of drug-likeness (QED) is 0.715. The van der Waals surface area contributed by atoms with Crippen molar-refractivity contribution in [3.63, 3.8) is 0 Å². The number of hydrogen-bond donors (Lipinski definition) is 0. The summed E-state index contributed by atoms with van der Waals surface area (Å²) in [5, 5.41) is 4.66. The summed E-state index contributed by atoms with van der Waals surface area (Å²) in [6.07, 6.45) is 5.25. The van der Waals surface area contributed by atoms with Crippen molar-refractivity contribution in [2.24, 2.45) is 5.92 Å². The summed E-state index contributed by atoms with van der Waals surface area (Å²) in [6.45, 7) is 4.89. The average molecular weight is 334 g/mol. The summed E-state index contributed by atoms with van der Waals surface area (Å²) in [5.41, 5.74) is 2.98. The standard InChI is InChI=1S/C20H22N4O/c1-15(2)13-23(3)20(25)18-14-24(17-9-5-4-6-10-17)22-19(18)16-8-7-11-21-12-16/h4-12,14-15H,13H2,1-3H3. The van der Waals surface area contributed by atoms with Crippen LogP contribution in [0.2, 0.25) is 0 Å². The van der Waals surface area contributed by atoms with Crippen molar-refractivity contribution in [2.45, 2.75) is 13.8 Å². The van der Waals surface area contributed by atoms with Gasteiger partial charge in [-0.1, -0.05) is 32.0 Å². The molecule has 0 aliphatic carbocycles. The van der Waals surface area contributed by atoms with Crippen LogP contribution in [0.5, 0.6) is 0 Å². The maximum absolute atomic E-state index is 13.0. The maximum Gasteiger partial charge on any atom is 0.257 e. The summed E-state index contributed by atoms with van der Waals surface area (Å²) in [7, 11) is 1.83. The van der Waals surface area contributed by atoms with E-state index in [1.807, 2.05) is 49.5 Å². The van der Waals surface area contributed by atoms with Crippen molar-refractivity contribution < 1.29 is 4.79 Å². The number of carbonyl (C=O) groups is 1. The number of amides is 1. The summed E-state index contributed by atoms with van der Waals surface area (Å²) >= 11 is 0. The van der Waals surface area contributed by atoms with Crippen LogP contribution in [0, 0.1) is 5.92 Å². The SMILES string of the molecule is CC(C)CN(C)C(=O)c1cn(-c2ccccc2)nc1-c1cccnc1. The molecule has 2 aromatic heterocycles. The fraction of sp³-hybridized carbons (Fsp3) is 0.250. The molecule has 0 saturated heterocycles. The molecule has 0 spiro atoms. The van der Waals surface area contributed by atoms with Gasteiger partial charge in [-0.3, -0.25) is 9.78 Å². The monoisotopic (exact) mass is 334 g/mol. The Hall–Kier alpha value is -2.95. The number of nitrogens with zero attached hydrogens (tertiary/aromatic N) is 4. The molecule has 0 radical (unpaired) electrons. The first-order chi connectivity index (χ1) is 12.1. The van der Waals surface area contributed by atoms with Gasteiger partial charge in [-0.15, -0.1) is 0 Å². The molecule has 3 rings (SSSR count). The fourth-order valence-electron chi connectivity index (χ4n) is 2.80. The number of aromatic nitrogens is 3. The minimum Gasteiger partial charge on any atom is -0.341 e. The molecule has 3 aromatic rings. The van der Waals surface area contributed by atoms with Gasteiger partial charge in [-0.2, -0.15) is 5.10 Å². The van der Waals surface area contributed by atoms with Crippen LogP contribution in [-0.4, -0.2) is 39.2 Å². The van der Waals surface area contributed by atoms with E-state index in [4.69, 9.17) is 0 Å². The highest BCUT2D eigenvalue weighted by Gasteiger charge is 2.22. The van der Waals surface area contributed by atoms with Gasteiger partial charge in [0.2, 0.25) is 0 Å². The molecule has 2 heterocycles. The summed E-state index contributed by atoms with van der Waals surface area (Å²) < 4.78 is 1.75. The van der Waals surface area contributed by atoms with Gasteiger partial charge in [0.1, 0.15) is 5.69 Å². The van der Waals surface area contributed by atoms with Gasteiger partial charge in [-0.25, -0.2) is 4.68 Å². The van der Waals surface area contributed by atoms with Gasteiger partial charge < -0.3 is 4.90 Å². The van der Waals surface area contributed by atoms with Crippen LogP contribution in [0.1, 0.15) is 24.2 Å². The van der Waals surface area contributed by atoms with E-state index in [0.29, 0.717) is 23.7 Å². The highest BCUT2D eigenvalue weighted by Crippen LogP contribution is 2.24. The normalized spacial score (nSPS) is 10.9. The molecule has 0 aliphatic heterocycles. The Balaban J connectivity index is 2.06. The highest BCUT2D eigenvalue weighted by molar-refractivity contribution is 5.99. The molecule has 1 aromatic carbocycles. The van der Waals surface area contributed by atoms with E-state index in [0.717, 1.165) is 11.3 Å². The third-order valence-electron chi connectivity index (χ3n) is 3.89. The second-order valence-electron chi connectivity index (χ2n) is 6.49. The van der Waals surface area contributed by atoms with Gasteiger partial charge in [0.05, 0.1) is 11.3 Å². The first-order valence-electron chi connectivity index (χ1n) is 8.37. The number of hydrogen-bond acceptors (Lipinski definition) is 3. The Morgan fingerprint density at radius 1 is 1.16 bits per heavy atom. The molecule has 5 nitrogen and oxygen atoms in total. The lowest BCUT2D eigenvalue weighted by molar-refractivity contribution is 0.0780. The Kier molecular flexibility index (Phi) is 4.93. The Bertz CT molecular complexity index is 841. The molecule has 1 amide bonds. The molecule has 0 unspecified atom stereocenters. The number of rotatable bonds is 5. The van der Waals surface area contributed by atoms with E-state index in [2.05, 4.69) is 23.9 Å². The average Bonchev–Trinajstić information content (AvgIpc) is 3.07. The van der Waals surface area contributed by atoms with Gasteiger partial charge in [0.25, 0.3) is 5.91 Å². The highest BCUT2D eigenvalue weighted by atomic mass is 16.2. The second-order valence-corrected chi connectivity index (χ2v) is 6.49. The van der Waals surface area contributed by atoms with Crippen LogP contribution < -0.4 is 0 Å². The van der Waals surface area contributed by atoms with Crippen LogP contribution in [0.4, 0.5) is 0 Å². The van der Waals surface area contributed by atoms with E-state index in [1.165, 1.54) is 0 Å². The zero-order valence-corrected chi connectivity index (χ0v) is 14.8. The van der Waals surface area contributed by atoms with E-state index in [-0.39, 0.29) is 5.91 Å². The van der Waals surface area contributed by atoms with Crippen molar-refractivity contribution in [2.75, 3.05) is 13.6 Å². The third-order valence-corrected chi connectivity index (χ3v) is 3.89.